The minimum Gasteiger partial charge on any atom is -0.493 e. The third kappa shape index (κ3) is 2.51. The number of aliphatic imine (C=N–C) groups is 1. The van der Waals surface area contributed by atoms with E-state index in [1.165, 1.54) is 0 Å². The SMILES string of the molecule is COc1cc2c(cc1OC)C(N1CCC(O)C1)=NC(C)N2. The number of β-amino-alcohol motifs (C(OH)–C–C–N with tert-alkyl or cyclic N) is 1. The molecule has 2 unspecified atom stereocenters. The number of methoxy groups -OCH3 is 2. The fourth-order valence-electron chi connectivity index (χ4n) is 2.88. The monoisotopic (exact) mass is 291 g/mol. The number of hydrogen-bond donors (Lipinski definition) is 2. The second-order valence-corrected chi connectivity index (χ2v) is 5.41. The zero-order valence-electron chi connectivity index (χ0n) is 12.6. The molecular formula is C15H21N3O3. The maximum absolute atomic E-state index is 9.77. The molecular weight excluding hydrogens is 270 g/mol. The Morgan fingerprint density at radius 3 is 2.62 bits per heavy atom. The van der Waals surface area contributed by atoms with Crippen molar-refractivity contribution < 1.29 is 14.6 Å². The van der Waals surface area contributed by atoms with E-state index in [9.17, 15) is 5.11 Å². The molecule has 0 aliphatic carbocycles. The van der Waals surface area contributed by atoms with Crippen molar-refractivity contribution in [3.63, 3.8) is 0 Å². The molecule has 6 nitrogen and oxygen atoms in total. The van der Waals surface area contributed by atoms with E-state index in [0.29, 0.717) is 18.0 Å². The fraction of sp³-hybridized carbons (Fsp3) is 0.533. The van der Waals surface area contributed by atoms with Crippen LogP contribution in [0, 0.1) is 0 Å². The number of likely N-dealkylation sites (tertiary alicyclic amines) is 1. The number of rotatable bonds is 2. The summed E-state index contributed by atoms with van der Waals surface area (Å²) < 4.78 is 10.7. The van der Waals surface area contributed by atoms with Crippen LogP contribution in [0.3, 0.4) is 0 Å². The van der Waals surface area contributed by atoms with Crippen molar-refractivity contribution in [3.05, 3.63) is 17.7 Å². The van der Waals surface area contributed by atoms with Crippen molar-refractivity contribution in [1.82, 2.24) is 4.90 Å². The van der Waals surface area contributed by atoms with Gasteiger partial charge in [0.2, 0.25) is 0 Å². The molecule has 2 N–H and O–H groups in total. The third-order valence-corrected chi connectivity index (χ3v) is 3.91. The summed E-state index contributed by atoms with van der Waals surface area (Å²) in [6.45, 7) is 3.45. The quantitative estimate of drug-likeness (QED) is 0.859. The minimum absolute atomic E-state index is 0.0108. The second kappa shape index (κ2) is 5.44. The average Bonchev–Trinajstić information content (AvgIpc) is 2.91. The predicted octanol–water partition coefficient (Wildman–Crippen LogP) is 1.29. The van der Waals surface area contributed by atoms with Gasteiger partial charge >= 0.3 is 0 Å². The number of nitrogens with zero attached hydrogens (tertiary/aromatic N) is 2. The van der Waals surface area contributed by atoms with E-state index in [1.807, 2.05) is 19.1 Å². The molecule has 1 fully saturated rings. The first-order valence-electron chi connectivity index (χ1n) is 7.16. The van der Waals surface area contributed by atoms with Gasteiger partial charge in [0.1, 0.15) is 12.0 Å². The van der Waals surface area contributed by atoms with Gasteiger partial charge in [-0.15, -0.1) is 0 Å². The number of ether oxygens (including phenoxy) is 2. The molecule has 2 aliphatic heterocycles. The Bertz CT molecular complexity index is 574. The van der Waals surface area contributed by atoms with E-state index in [4.69, 9.17) is 14.5 Å². The molecule has 6 heteroatoms. The molecule has 2 atom stereocenters. The van der Waals surface area contributed by atoms with Gasteiger partial charge in [-0.2, -0.15) is 0 Å². The maximum Gasteiger partial charge on any atom is 0.162 e. The van der Waals surface area contributed by atoms with Gasteiger partial charge in [0, 0.05) is 24.7 Å². The number of aliphatic hydroxyl groups is 1. The molecule has 1 aromatic carbocycles. The van der Waals surface area contributed by atoms with Gasteiger partial charge in [-0.05, 0) is 19.4 Å². The van der Waals surface area contributed by atoms with Gasteiger partial charge in [0.25, 0.3) is 0 Å². The predicted molar refractivity (Wildman–Crippen MR) is 81.4 cm³/mol. The molecule has 21 heavy (non-hydrogen) atoms. The lowest BCUT2D eigenvalue weighted by Gasteiger charge is -2.29. The Morgan fingerprint density at radius 2 is 2.00 bits per heavy atom. The van der Waals surface area contributed by atoms with Crippen molar-refractivity contribution in [3.8, 4) is 11.5 Å². The highest BCUT2D eigenvalue weighted by Crippen LogP contribution is 2.36. The summed E-state index contributed by atoms with van der Waals surface area (Å²) in [6.07, 6.45) is 0.494. The molecule has 114 valence electrons. The molecule has 0 aromatic heterocycles. The van der Waals surface area contributed by atoms with Crippen LogP contribution in [-0.4, -0.2) is 55.4 Å². The Labute approximate surface area is 124 Å². The van der Waals surface area contributed by atoms with Gasteiger partial charge in [-0.3, -0.25) is 0 Å². The van der Waals surface area contributed by atoms with Crippen molar-refractivity contribution >= 4 is 11.5 Å². The van der Waals surface area contributed by atoms with Crippen LogP contribution in [0.15, 0.2) is 17.1 Å². The van der Waals surface area contributed by atoms with Crippen molar-refractivity contribution in [1.29, 1.82) is 0 Å². The number of nitrogens with one attached hydrogen (secondary N) is 1. The lowest BCUT2D eigenvalue weighted by Crippen LogP contribution is -2.36. The molecule has 1 aromatic rings. The van der Waals surface area contributed by atoms with Gasteiger partial charge < -0.3 is 24.8 Å². The highest BCUT2D eigenvalue weighted by atomic mass is 16.5. The largest absolute Gasteiger partial charge is 0.493 e. The summed E-state index contributed by atoms with van der Waals surface area (Å²) in [6, 6.07) is 3.88. The maximum atomic E-state index is 9.77. The normalized spacial score (nSPS) is 24.2. The Balaban J connectivity index is 2.03. The Kier molecular flexibility index (Phi) is 3.63. The lowest BCUT2D eigenvalue weighted by molar-refractivity contribution is 0.188. The van der Waals surface area contributed by atoms with Crippen molar-refractivity contribution in [2.75, 3.05) is 32.6 Å². The number of aliphatic hydroxyl groups excluding tert-OH is 1. The molecule has 2 heterocycles. The third-order valence-electron chi connectivity index (χ3n) is 3.91. The van der Waals surface area contributed by atoms with Crippen LogP contribution in [0.5, 0.6) is 11.5 Å². The van der Waals surface area contributed by atoms with Gasteiger partial charge in [-0.1, -0.05) is 0 Å². The van der Waals surface area contributed by atoms with Gasteiger partial charge in [0.05, 0.1) is 26.0 Å². The lowest BCUT2D eigenvalue weighted by atomic mass is 10.1. The Morgan fingerprint density at radius 1 is 1.29 bits per heavy atom. The number of benzene rings is 1. The number of anilines is 1. The van der Waals surface area contributed by atoms with Crippen LogP contribution >= 0.6 is 0 Å². The summed E-state index contributed by atoms with van der Waals surface area (Å²) in [5.41, 5.74) is 1.96. The van der Waals surface area contributed by atoms with E-state index in [2.05, 4.69) is 10.2 Å². The number of fused-ring (bicyclic) bond motifs is 1. The second-order valence-electron chi connectivity index (χ2n) is 5.41. The minimum atomic E-state index is -0.276. The van der Waals surface area contributed by atoms with Gasteiger partial charge in [0.15, 0.2) is 11.5 Å². The fourth-order valence-corrected chi connectivity index (χ4v) is 2.88. The highest BCUT2D eigenvalue weighted by molar-refractivity contribution is 6.05. The van der Waals surface area contributed by atoms with Crippen LogP contribution < -0.4 is 14.8 Å². The molecule has 0 amide bonds. The summed E-state index contributed by atoms with van der Waals surface area (Å²) in [5, 5.41) is 13.1. The van der Waals surface area contributed by atoms with Gasteiger partial charge in [-0.25, -0.2) is 4.99 Å². The zero-order valence-corrected chi connectivity index (χ0v) is 12.6. The topological polar surface area (TPSA) is 66.3 Å². The zero-order chi connectivity index (χ0) is 15.0. The summed E-state index contributed by atoms with van der Waals surface area (Å²) in [5.74, 6) is 2.28. The van der Waals surface area contributed by atoms with Crippen LogP contribution in [-0.2, 0) is 0 Å². The van der Waals surface area contributed by atoms with E-state index in [1.54, 1.807) is 14.2 Å². The summed E-state index contributed by atoms with van der Waals surface area (Å²) in [4.78, 5) is 6.83. The van der Waals surface area contributed by atoms with Crippen molar-refractivity contribution in [2.24, 2.45) is 4.99 Å². The number of hydrogen-bond acceptors (Lipinski definition) is 6. The Hall–Kier alpha value is -1.95. The standard InChI is InChI=1S/C15H21N3O3/c1-9-16-12-7-14(21-3)13(20-2)6-11(12)15(17-9)18-5-4-10(19)8-18/h6-7,9-10,16,19H,4-5,8H2,1-3H3. The smallest absolute Gasteiger partial charge is 0.162 e. The van der Waals surface area contributed by atoms with E-state index < -0.39 is 0 Å². The van der Waals surface area contributed by atoms with E-state index in [-0.39, 0.29) is 12.3 Å². The molecule has 1 saturated heterocycles. The molecule has 3 rings (SSSR count). The molecule has 0 spiro atoms. The first kappa shape index (κ1) is 14.0. The van der Waals surface area contributed by atoms with Crippen LogP contribution in [0.2, 0.25) is 0 Å². The molecule has 0 bridgehead atoms. The first-order chi connectivity index (χ1) is 10.1. The summed E-state index contributed by atoms with van der Waals surface area (Å²) >= 11 is 0. The molecule has 0 radical (unpaired) electrons. The highest BCUT2D eigenvalue weighted by Gasteiger charge is 2.29. The van der Waals surface area contributed by atoms with Crippen molar-refractivity contribution in [2.45, 2.75) is 25.6 Å². The first-order valence-corrected chi connectivity index (χ1v) is 7.16. The van der Waals surface area contributed by atoms with E-state index >= 15 is 0 Å². The molecule has 2 aliphatic rings. The number of amidine groups is 1. The van der Waals surface area contributed by atoms with Crippen LogP contribution in [0.25, 0.3) is 0 Å². The van der Waals surface area contributed by atoms with E-state index in [0.717, 1.165) is 30.1 Å². The van der Waals surface area contributed by atoms with Crippen LogP contribution in [0.1, 0.15) is 18.9 Å². The average molecular weight is 291 g/mol. The molecule has 0 saturated carbocycles. The summed E-state index contributed by atoms with van der Waals surface area (Å²) in [7, 11) is 3.25. The van der Waals surface area contributed by atoms with Crippen LogP contribution in [0.4, 0.5) is 5.69 Å².